The van der Waals surface area contributed by atoms with Crippen molar-refractivity contribution in [2.45, 2.75) is 44.6 Å². The fraction of sp³-hybridized carbons (Fsp3) is 0.458. The molecule has 0 radical (unpaired) electrons. The molecular weight excluding hydrogens is 434 g/mol. The maximum atomic E-state index is 14.5. The predicted octanol–water partition coefficient (Wildman–Crippen LogP) is 4.06. The van der Waals surface area contributed by atoms with Crippen molar-refractivity contribution in [1.29, 1.82) is 0 Å². The third-order valence-corrected chi connectivity index (χ3v) is 7.45. The van der Waals surface area contributed by atoms with Gasteiger partial charge in [0.25, 0.3) is 0 Å². The molecule has 1 amide bonds. The van der Waals surface area contributed by atoms with Crippen molar-refractivity contribution >= 4 is 15.9 Å². The molecule has 1 aliphatic heterocycles. The van der Waals surface area contributed by atoms with Crippen molar-refractivity contribution in [3.05, 3.63) is 59.7 Å². The molecule has 2 fully saturated rings. The van der Waals surface area contributed by atoms with Crippen LogP contribution in [0, 0.1) is 17.0 Å². The van der Waals surface area contributed by atoms with E-state index in [1.165, 1.54) is 18.2 Å². The molecule has 1 N–H and O–H groups in total. The average Bonchev–Trinajstić information content (AvgIpc) is 3.46. The van der Waals surface area contributed by atoms with Crippen LogP contribution in [0.15, 0.2) is 42.5 Å². The van der Waals surface area contributed by atoms with Gasteiger partial charge in [-0.1, -0.05) is 37.3 Å². The van der Waals surface area contributed by atoms with Crippen LogP contribution in [-0.2, 0) is 14.8 Å². The number of carbonyl (C=O) groups excluding carboxylic acids is 1. The van der Waals surface area contributed by atoms with Crippen molar-refractivity contribution in [3.63, 3.8) is 0 Å². The summed E-state index contributed by atoms with van der Waals surface area (Å²) in [7, 11) is -3.29. The maximum absolute atomic E-state index is 14.5. The molecule has 1 saturated carbocycles. The Morgan fingerprint density at radius 2 is 1.75 bits per heavy atom. The van der Waals surface area contributed by atoms with Crippen molar-refractivity contribution in [2.75, 3.05) is 19.3 Å². The minimum absolute atomic E-state index is 0.0197. The van der Waals surface area contributed by atoms with Crippen molar-refractivity contribution in [1.82, 2.24) is 9.62 Å². The lowest BCUT2D eigenvalue weighted by Gasteiger charge is -2.25. The molecule has 2 aliphatic rings. The highest BCUT2D eigenvalue weighted by molar-refractivity contribution is 7.88. The van der Waals surface area contributed by atoms with E-state index in [2.05, 4.69) is 4.72 Å². The summed E-state index contributed by atoms with van der Waals surface area (Å²) in [5.74, 6) is -1.35. The van der Waals surface area contributed by atoms with Crippen LogP contribution in [0.2, 0.25) is 0 Å². The van der Waals surface area contributed by atoms with Gasteiger partial charge in [0.2, 0.25) is 15.9 Å². The lowest BCUT2D eigenvalue weighted by atomic mass is 9.92. The van der Waals surface area contributed by atoms with Crippen LogP contribution in [0.1, 0.15) is 44.1 Å². The van der Waals surface area contributed by atoms with Gasteiger partial charge < -0.3 is 4.90 Å². The zero-order chi connectivity index (χ0) is 23.1. The molecule has 2 aromatic carbocycles. The van der Waals surface area contributed by atoms with E-state index in [4.69, 9.17) is 0 Å². The minimum atomic E-state index is -3.29. The molecule has 4 rings (SSSR count). The second-order valence-electron chi connectivity index (χ2n) is 9.17. The molecule has 5 nitrogen and oxygen atoms in total. The van der Waals surface area contributed by atoms with Gasteiger partial charge in [-0.2, -0.15) is 0 Å². The summed E-state index contributed by atoms with van der Waals surface area (Å²) in [6.07, 6.45) is 3.73. The summed E-state index contributed by atoms with van der Waals surface area (Å²) in [5, 5.41) is 0. The smallest absolute Gasteiger partial charge is 0.229 e. The molecule has 2 aromatic rings. The first-order chi connectivity index (χ1) is 15.1. The van der Waals surface area contributed by atoms with Gasteiger partial charge in [-0.3, -0.25) is 4.79 Å². The third kappa shape index (κ3) is 4.57. The molecule has 3 atom stereocenters. The summed E-state index contributed by atoms with van der Waals surface area (Å²) >= 11 is 0. The van der Waals surface area contributed by atoms with E-state index >= 15 is 0 Å². The molecule has 0 unspecified atom stereocenters. The van der Waals surface area contributed by atoms with E-state index in [1.54, 1.807) is 12.1 Å². The van der Waals surface area contributed by atoms with Crippen LogP contribution >= 0.6 is 0 Å². The molecule has 1 saturated heterocycles. The number of nitrogens with zero attached hydrogens (tertiary/aromatic N) is 1. The second kappa shape index (κ2) is 8.56. The Morgan fingerprint density at radius 1 is 1.06 bits per heavy atom. The highest BCUT2D eigenvalue weighted by Gasteiger charge is 2.58. The Labute approximate surface area is 187 Å². The van der Waals surface area contributed by atoms with Crippen molar-refractivity contribution in [3.8, 4) is 11.1 Å². The van der Waals surface area contributed by atoms with E-state index in [9.17, 15) is 22.0 Å². The standard InChI is InChI=1S/C24H28F2N2O3S/c1-24(23(29)28-13-6-7-16(12-14-28)27-32(2,30)31)15-19(24)17-8-3-4-9-18(17)22-20(25)10-5-11-21(22)26/h3-5,8-11,16,19,27H,6-7,12-15H2,1-2H3/t16-,19-,24+/m0/s1. The van der Waals surface area contributed by atoms with Gasteiger partial charge in [0.15, 0.2) is 0 Å². The zero-order valence-electron chi connectivity index (χ0n) is 18.3. The van der Waals surface area contributed by atoms with Crippen LogP contribution in [-0.4, -0.2) is 44.6 Å². The number of nitrogens with one attached hydrogen (secondary N) is 1. The van der Waals surface area contributed by atoms with E-state index in [1.807, 2.05) is 24.0 Å². The SMILES string of the molecule is C[C@@]1(C(=O)N2CCC[C@H](NS(C)(=O)=O)CC2)C[C@H]1c1ccccc1-c1c(F)cccc1F. The normalized spacial score (nSPS) is 25.9. The highest BCUT2D eigenvalue weighted by atomic mass is 32.2. The second-order valence-corrected chi connectivity index (χ2v) is 10.9. The van der Waals surface area contributed by atoms with Gasteiger partial charge in [-0.25, -0.2) is 21.9 Å². The molecule has 172 valence electrons. The number of amides is 1. The topological polar surface area (TPSA) is 66.5 Å². The lowest BCUT2D eigenvalue weighted by molar-refractivity contribution is -0.136. The molecule has 0 aromatic heterocycles. The third-order valence-electron chi connectivity index (χ3n) is 6.69. The number of likely N-dealkylation sites (tertiary alicyclic amines) is 1. The molecular formula is C24H28F2N2O3S. The van der Waals surface area contributed by atoms with E-state index in [0.717, 1.165) is 18.2 Å². The van der Waals surface area contributed by atoms with Gasteiger partial charge >= 0.3 is 0 Å². The molecule has 1 heterocycles. The number of halogens is 2. The summed E-state index contributed by atoms with van der Waals surface area (Å²) in [6.45, 7) is 2.97. The fourth-order valence-corrected chi connectivity index (χ4v) is 5.76. The molecule has 0 bridgehead atoms. The first-order valence-electron chi connectivity index (χ1n) is 10.9. The van der Waals surface area contributed by atoms with Gasteiger partial charge in [-0.05, 0) is 54.9 Å². The summed E-state index contributed by atoms with van der Waals surface area (Å²) in [6, 6.07) is 10.8. The van der Waals surface area contributed by atoms with Gasteiger partial charge in [-0.15, -0.1) is 0 Å². The molecule has 8 heteroatoms. The summed E-state index contributed by atoms with van der Waals surface area (Å²) in [4.78, 5) is 15.2. The minimum Gasteiger partial charge on any atom is -0.342 e. The first-order valence-corrected chi connectivity index (χ1v) is 12.8. The number of rotatable bonds is 5. The molecule has 32 heavy (non-hydrogen) atoms. The summed E-state index contributed by atoms with van der Waals surface area (Å²) in [5.41, 5.74) is 0.563. The monoisotopic (exact) mass is 462 g/mol. The molecule has 1 aliphatic carbocycles. The number of sulfonamides is 1. The van der Waals surface area contributed by atoms with E-state index in [0.29, 0.717) is 37.9 Å². The number of carbonyl (C=O) groups is 1. The van der Waals surface area contributed by atoms with Crippen LogP contribution in [0.5, 0.6) is 0 Å². The Bertz CT molecular complexity index is 1120. The maximum Gasteiger partial charge on any atom is 0.229 e. The van der Waals surface area contributed by atoms with Crippen LogP contribution < -0.4 is 4.72 Å². The molecule has 0 spiro atoms. The van der Waals surface area contributed by atoms with Crippen LogP contribution in [0.3, 0.4) is 0 Å². The van der Waals surface area contributed by atoms with E-state index in [-0.39, 0.29) is 23.4 Å². The van der Waals surface area contributed by atoms with Gasteiger partial charge in [0.05, 0.1) is 17.2 Å². The van der Waals surface area contributed by atoms with Crippen molar-refractivity contribution < 1.29 is 22.0 Å². The van der Waals surface area contributed by atoms with E-state index < -0.39 is 27.1 Å². The van der Waals surface area contributed by atoms with Gasteiger partial charge in [0, 0.05) is 19.1 Å². The largest absolute Gasteiger partial charge is 0.342 e. The number of hydrogen-bond acceptors (Lipinski definition) is 3. The van der Waals surface area contributed by atoms with Crippen LogP contribution in [0.4, 0.5) is 8.78 Å². The zero-order valence-corrected chi connectivity index (χ0v) is 19.1. The highest BCUT2D eigenvalue weighted by Crippen LogP contribution is 2.61. The Morgan fingerprint density at radius 3 is 2.44 bits per heavy atom. The first kappa shape index (κ1) is 22.9. The quantitative estimate of drug-likeness (QED) is 0.729. The average molecular weight is 463 g/mol. The Balaban J connectivity index is 1.54. The van der Waals surface area contributed by atoms with Crippen molar-refractivity contribution in [2.24, 2.45) is 5.41 Å². The summed E-state index contributed by atoms with van der Waals surface area (Å²) < 4.78 is 54.7. The number of hydrogen-bond donors (Lipinski definition) is 1. The Hall–Kier alpha value is -2.32. The lowest BCUT2D eigenvalue weighted by Crippen LogP contribution is -2.39. The van der Waals surface area contributed by atoms with Gasteiger partial charge in [0.1, 0.15) is 11.6 Å². The van der Waals surface area contributed by atoms with Crippen LogP contribution in [0.25, 0.3) is 11.1 Å². The predicted molar refractivity (Wildman–Crippen MR) is 119 cm³/mol. The number of benzene rings is 2. The fourth-order valence-electron chi connectivity index (χ4n) is 4.92. The Kier molecular flexibility index (Phi) is 6.11.